The molecular weight excluding hydrogens is 246 g/mol. The van der Waals surface area contributed by atoms with Crippen LogP contribution in [0.2, 0.25) is 0 Å². The molecule has 1 aromatic carbocycles. The first-order valence-corrected chi connectivity index (χ1v) is 5.85. The van der Waals surface area contributed by atoms with Gasteiger partial charge < -0.3 is 14.2 Å². The zero-order valence-electron chi connectivity index (χ0n) is 10.9. The minimum Gasteiger partial charge on any atom is -0.423 e. The van der Waals surface area contributed by atoms with Gasteiger partial charge in [-0.25, -0.2) is 4.79 Å². The number of benzene rings is 1. The number of rotatable bonds is 2. The van der Waals surface area contributed by atoms with Crippen molar-refractivity contribution in [3.8, 4) is 11.3 Å². The molecule has 2 heterocycles. The van der Waals surface area contributed by atoms with E-state index >= 15 is 0 Å². The number of aryl methyl sites for hydroxylation is 2. The first kappa shape index (κ1) is 11.6. The second-order valence-electron chi connectivity index (χ2n) is 4.29. The van der Waals surface area contributed by atoms with Gasteiger partial charge in [-0.15, -0.1) is 0 Å². The van der Waals surface area contributed by atoms with E-state index in [1.54, 1.807) is 20.2 Å². The fraction of sp³-hybridized carbons (Fsp3) is 0.231. The molecular formula is C13H13N3O3. The van der Waals surface area contributed by atoms with E-state index in [9.17, 15) is 4.79 Å². The van der Waals surface area contributed by atoms with Crippen LogP contribution in [0.15, 0.2) is 31.8 Å². The second-order valence-corrected chi connectivity index (χ2v) is 4.29. The molecule has 0 fully saturated rings. The zero-order valence-corrected chi connectivity index (χ0v) is 10.9. The first-order chi connectivity index (χ1) is 9.10. The molecule has 0 amide bonds. The van der Waals surface area contributed by atoms with Gasteiger partial charge in [-0.2, -0.15) is 4.98 Å². The van der Waals surface area contributed by atoms with Gasteiger partial charge in [0.2, 0.25) is 0 Å². The van der Waals surface area contributed by atoms with Crippen LogP contribution < -0.4 is 11.1 Å². The van der Waals surface area contributed by atoms with Crippen LogP contribution in [0.1, 0.15) is 5.69 Å². The van der Waals surface area contributed by atoms with E-state index in [4.69, 9.17) is 8.83 Å². The van der Waals surface area contributed by atoms with Crippen molar-refractivity contribution >= 4 is 17.1 Å². The van der Waals surface area contributed by atoms with E-state index in [0.29, 0.717) is 17.4 Å². The first-order valence-electron chi connectivity index (χ1n) is 5.85. The molecule has 3 aromatic rings. The SMILES string of the molecule is CNc1nc(C)c(-c2ccc3c(c2)oc(=O)n3C)o1. The van der Waals surface area contributed by atoms with Crippen molar-refractivity contribution in [1.29, 1.82) is 0 Å². The molecule has 2 aromatic heterocycles. The summed E-state index contributed by atoms with van der Waals surface area (Å²) in [4.78, 5) is 15.7. The summed E-state index contributed by atoms with van der Waals surface area (Å²) in [7, 11) is 3.42. The predicted molar refractivity (Wildman–Crippen MR) is 71.2 cm³/mol. The van der Waals surface area contributed by atoms with E-state index in [0.717, 1.165) is 16.8 Å². The second kappa shape index (κ2) is 4.01. The minimum absolute atomic E-state index is 0.377. The Morgan fingerprint density at radius 2 is 2.11 bits per heavy atom. The van der Waals surface area contributed by atoms with E-state index in [1.165, 1.54) is 4.57 Å². The molecule has 0 aliphatic rings. The quantitative estimate of drug-likeness (QED) is 0.763. The molecule has 0 saturated carbocycles. The lowest BCUT2D eigenvalue weighted by Gasteiger charge is -1.98. The fourth-order valence-electron chi connectivity index (χ4n) is 2.05. The molecule has 0 unspecified atom stereocenters. The number of nitrogens with one attached hydrogen (secondary N) is 1. The Balaban J connectivity index is 2.20. The molecule has 3 rings (SSSR count). The van der Waals surface area contributed by atoms with Gasteiger partial charge in [-0.1, -0.05) is 0 Å². The van der Waals surface area contributed by atoms with Crippen LogP contribution in [0.4, 0.5) is 6.01 Å². The summed E-state index contributed by atoms with van der Waals surface area (Å²) in [5.74, 6) is 0.287. The van der Waals surface area contributed by atoms with E-state index in [1.807, 2.05) is 19.1 Å². The number of hydrogen-bond donors (Lipinski definition) is 1. The van der Waals surface area contributed by atoms with E-state index in [-0.39, 0.29) is 5.76 Å². The largest absolute Gasteiger partial charge is 0.423 e. The lowest BCUT2D eigenvalue weighted by molar-refractivity contribution is 0.528. The molecule has 6 heteroatoms. The molecule has 0 atom stereocenters. The van der Waals surface area contributed by atoms with Crippen LogP contribution >= 0.6 is 0 Å². The Kier molecular flexibility index (Phi) is 2.45. The van der Waals surface area contributed by atoms with Crippen LogP contribution in [-0.2, 0) is 7.05 Å². The standard InChI is InChI=1S/C13H13N3O3/c1-7-11(19-12(14-2)15-7)8-4-5-9-10(6-8)18-13(17)16(9)3/h4-6H,1-3H3,(H,14,15). The Labute approximate surface area is 108 Å². The lowest BCUT2D eigenvalue weighted by atomic mass is 10.1. The Morgan fingerprint density at radius 3 is 2.79 bits per heavy atom. The molecule has 0 aliphatic heterocycles. The number of aromatic nitrogens is 2. The monoisotopic (exact) mass is 259 g/mol. The van der Waals surface area contributed by atoms with Gasteiger partial charge in [-0.05, 0) is 25.1 Å². The summed E-state index contributed by atoms with van der Waals surface area (Å²) in [6.07, 6.45) is 0. The van der Waals surface area contributed by atoms with Crippen molar-refractivity contribution in [2.75, 3.05) is 12.4 Å². The third-order valence-electron chi connectivity index (χ3n) is 3.06. The van der Waals surface area contributed by atoms with Crippen molar-refractivity contribution in [2.45, 2.75) is 6.92 Å². The molecule has 19 heavy (non-hydrogen) atoms. The maximum absolute atomic E-state index is 11.5. The predicted octanol–water partition coefficient (Wildman–Crippen LogP) is 2.14. The van der Waals surface area contributed by atoms with Crippen LogP contribution in [0.3, 0.4) is 0 Å². The number of anilines is 1. The van der Waals surface area contributed by atoms with Gasteiger partial charge in [0.1, 0.15) is 0 Å². The summed E-state index contributed by atoms with van der Waals surface area (Å²) < 4.78 is 12.2. The van der Waals surface area contributed by atoms with Crippen LogP contribution in [0, 0.1) is 6.92 Å². The van der Waals surface area contributed by atoms with Gasteiger partial charge in [-0.3, -0.25) is 4.57 Å². The van der Waals surface area contributed by atoms with Gasteiger partial charge >= 0.3 is 5.76 Å². The van der Waals surface area contributed by atoms with E-state index in [2.05, 4.69) is 10.3 Å². The third-order valence-corrected chi connectivity index (χ3v) is 3.06. The van der Waals surface area contributed by atoms with Gasteiger partial charge in [0.05, 0.1) is 11.2 Å². The van der Waals surface area contributed by atoms with Crippen molar-refractivity contribution in [2.24, 2.45) is 7.05 Å². The summed E-state index contributed by atoms with van der Waals surface area (Å²) in [6, 6.07) is 5.95. The highest BCUT2D eigenvalue weighted by Crippen LogP contribution is 2.28. The number of fused-ring (bicyclic) bond motifs is 1. The molecule has 0 spiro atoms. The van der Waals surface area contributed by atoms with Crippen LogP contribution in [0.5, 0.6) is 0 Å². The number of oxazole rings is 2. The van der Waals surface area contributed by atoms with Crippen LogP contribution in [-0.4, -0.2) is 16.6 Å². The molecule has 6 nitrogen and oxygen atoms in total. The molecule has 0 radical (unpaired) electrons. The average Bonchev–Trinajstić information content (AvgIpc) is 2.91. The highest BCUT2D eigenvalue weighted by Gasteiger charge is 2.13. The van der Waals surface area contributed by atoms with Crippen molar-refractivity contribution in [3.63, 3.8) is 0 Å². The van der Waals surface area contributed by atoms with Gasteiger partial charge in [0, 0.05) is 19.7 Å². The third kappa shape index (κ3) is 1.72. The fourth-order valence-corrected chi connectivity index (χ4v) is 2.05. The van der Waals surface area contributed by atoms with Crippen molar-refractivity contribution < 1.29 is 8.83 Å². The summed E-state index contributed by atoms with van der Waals surface area (Å²) >= 11 is 0. The van der Waals surface area contributed by atoms with Crippen molar-refractivity contribution in [3.05, 3.63) is 34.4 Å². The minimum atomic E-state index is -0.377. The Bertz CT molecular complexity index is 810. The summed E-state index contributed by atoms with van der Waals surface area (Å²) in [5.41, 5.74) is 2.89. The maximum atomic E-state index is 11.5. The number of nitrogens with zero attached hydrogens (tertiary/aromatic N) is 2. The van der Waals surface area contributed by atoms with Crippen molar-refractivity contribution in [1.82, 2.24) is 9.55 Å². The molecule has 1 N–H and O–H groups in total. The summed E-state index contributed by atoms with van der Waals surface area (Å²) in [6.45, 7) is 1.87. The summed E-state index contributed by atoms with van der Waals surface area (Å²) in [5, 5.41) is 2.85. The number of hydrogen-bond acceptors (Lipinski definition) is 5. The molecule has 0 bridgehead atoms. The maximum Gasteiger partial charge on any atom is 0.419 e. The highest BCUT2D eigenvalue weighted by molar-refractivity contribution is 5.79. The smallest absolute Gasteiger partial charge is 0.419 e. The van der Waals surface area contributed by atoms with Crippen LogP contribution in [0.25, 0.3) is 22.4 Å². The lowest BCUT2D eigenvalue weighted by Crippen LogP contribution is -2.08. The van der Waals surface area contributed by atoms with Gasteiger partial charge in [0.15, 0.2) is 11.3 Å². The molecule has 0 saturated heterocycles. The van der Waals surface area contributed by atoms with E-state index < -0.39 is 0 Å². The Hall–Kier alpha value is -2.50. The molecule has 0 aliphatic carbocycles. The molecule has 98 valence electrons. The zero-order chi connectivity index (χ0) is 13.6. The average molecular weight is 259 g/mol. The van der Waals surface area contributed by atoms with Gasteiger partial charge in [0.25, 0.3) is 6.01 Å². The normalized spacial score (nSPS) is 11.1. The topological polar surface area (TPSA) is 73.2 Å². The Morgan fingerprint density at radius 1 is 1.32 bits per heavy atom. The highest BCUT2D eigenvalue weighted by atomic mass is 16.4.